The highest BCUT2D eigenvalue weighted by molar-refractivity contribution is 5.96. The summed E-state index contributed by atoms with van der Waals surface area (Å²) in [6, 6.07) is 9.96. The molecule has 0 spiro atoms. The second kappa shape index (κ2) is 5.25. The fourth-order valence-electron chi connectivity index (χ4n) is 3.66. The van der Waals surface area contributed by atoms with Crippen molar-refractivity contribution in [1.29, 1.82) is 0 Å². The van der Waals surface area contributed by atoms with Crippen molar-refractivity contribution in [3.05, 3.63) is 46.3 Å². The normalized spacial score (nSPS) is 27.0. The number of fused-ring (bicyclic) bond motifs is 3. The summed E-state index contributed by atoms with van der Waals surface area (Å²) in [5.41, 5.74) is 0.0154. The highest BCUT2D eigenvalue weighted by atomic mass is 16.4. The Labute approximate surface area is 127 Å². The number of hydrogen-bond acceptors (Lipinski definition) is 4. The summed E-state index contributed by atoms with van der Waals surface area (Å²) in [4.78, 5) is 24.4. The first kappa shape index (κ1) is 13.5. The van der Waals surface area contributed by atoms with Gasteiger partial charge < -0.3 is 15.1 Å². The minimum atomic E-state index is -0.576. The summed E-state index contributed by atoms with van der Waals surface area (Å²) in [6.45, 7) is 0. The Morgan fingerprint density at radius 2 is 1.91 bits per heavy atom. The van der Waals surface area contributed by atoms with Crippen molar-refractivity contribution in [2.75, 3.05) is 0 Å². The summed E-state index contributed by atoms with van der Waals surface area (Å²) >= 11 is 0. The van der Waals surface area contributed by atoms with E-state index >= 15 is 0 Å². The van der Waals surface area contributed by atoms with E-state index < -0.39 is 5.63 Å². The van der Waals surface area contributed by atoms with Crippen LogP contribution in [0, 0.1) is 0 Å². The number of para-hydroxylation sites is 1. The van der Waals surface area contributed by atoms with Crippen LogP contribution in [0.4, 0.5) is 0 Å². The second-order valence-electron chi connectivity index (χ2n) is 6.27. The van der Waals surface area contributed by atoms with E-state index in [2.05, 4.69) is 10.6 Å². The molecular formula is C17H18N2O3. The number of amides is 1. The van der Waals surface area contributed by atoms with Crippen LogP contribution >= 0.6 is 0 Å². The van der Waals surface area contributed by atoms with Gasteiger partial charge in [-0.05, 0) is 37.8 Å². The molecule has 1 aromatic heterocycles. The van der Waals surface area contributed by atoms with Gasteiger partial charge in [-0.3, -0.25) is 4.79 Å². The predicted molar refractivity (Wildman–Crippen MR) is 82.9 cm³/mol. The molecule has 2 unspecified atom stereocenters. The maximum atomic E-state index is 12.4. The summed E-state index contributed by atoms with van der Waals surface area (Å²) in [5, 5.41) is 7.30. The third-order valence-electron chi connectivity index (χ3n) is 4.69. The molecule has 1 aromatic carbocycles. The van der Waals surface area contributed by atoms with Crippen molar-refractivity contribution in [3.63, 3.8) is 0 Å². The number of carbonyl (C=O) groups excluding carboxylic acids is 1. The molecule has 0 radical (unpaired) electrons. The summed E-state index contributed by atoms with van der Waals surface area (Å²) in [5.74, 6) is -0.328. The molecule has 5 nitrogen and oxygen atoms in total. The summed E-state index contributed by atoms with van der Waals surface area (Å²) < 4.78 is 5.23. The molecule has 2 aliphatic rings. The molecule has 2 fully saturated rings. The highest BCUT2D eigenvalue weighted by Gasteiger charge is 2.34. The number of piperidine rings is 1. The Morgan fingerprint density at radius 3 is 2.68 bits per heavy atom. The molecule has 2 aromatic rings. The zero-order valence-corrected chi connectivity index (χ0v) is 12.2. The molecule has 22 heavy (non-hydrogen) atoms. The third kappa shape index (κ3) is 2.41. The maximum absolute atomic E-state index is 12.4. The van der Waals surface area contributed by atoms with Crippen LogP contribution in [-0.4, -0.2) is 24.0 Å². The third-order valence-corrected chi connectivity index (χ3v) is 4.69. The molecule has 2 N–H and O–H groups in total. The van der Waals surface area contributed by atoms with E-state index in [9.17, 15) is 9.59 Å². The molecule has 1 amide bonds. The summed E-state index contributed by atoms with van der Waals surface area (Å²) in [7, 11) is 0. The van der Waals surface area contributed by atoms with Gasteiger partial charge in [-0.2, -0.15) is 0 Å². The Kier molecular flexibility index (Phi) is 3.22. The van der Waals surface area contributed by atoms with Gasteiger partial charge in [0.25, 0.3) is 5.91 Å². The van der Waals surface area contributed by atoms with E-state index in [0.29, 0.717) is 17.7 Å². The van der Waals surface area contributed by atoms with Crippen LogP contribution in [0.1, 0.15) is 36.0 Å². The van der Waals surface area contributed by atoms with Crippen molar-refractivity contribution < 1.29 is 9.21 Å². The molecular weight excluding hydrogens is 280 g/mol. The number of nitrogens with one attached hydrogen (secondary N) is 2. The first-order valence-electron chi connectivity index (χ1n) is 7.79. The van der Waals surface area contributed by atoms with Gasteiger partial charge in [0.1, 0.15) is 11.1 Å². The second-order valence-corrected chi connectivity index (χ2v) is 6.27. The number of rotatable bonds is 2. The number of benzene rings is 1. The smallest absolute Gasteiger partial charge is 0.349 e. The van der Waals surface area contributed by atoms with E-state index in [1.54, 1.807) is 18.2 Å². The van der Waals surface area contributed by atoms with Crippen LogP contribution in [0.2, 0.25) is 0 Å². The van der Waals surface area contributed by atoms with Crippen molar-refractivity contribution in [2.45, 2.75) is 43.8 Å². The quantitative estimate of drug-likeness (QED) is 0.829. The lowest BCUT2D eigenvalue weighted by Gasteiger charge is -2.29. The Hall–Kier alpha value is -2.14. The molecule has 0 saturated carbocycles. The van der Waals surface area contributed by atoms with Crippen molar-refractivity contribution in [1.82, 2.24) is 10.6 Å². The highest BCUT2D eigenvalue weighted by Crippen LogP contribution is 2.26. The van der Waals surface area contributed by atoms with Gasteiger partial charge in [0.15, 0.2) is 0 Å². The molecule has 5 heteroatoms. The van der Waals surface area contributed by atoms with Crippen molar-refractivity contribution >= 4 is 16.9 Å². The van der Waals surface area contributed by atoms with Crippen LogP contribution in [0.15, 0.2) is 39.5 Å². The lowest BCUT2D eigenvalue weighted by Crippen LogP contribution is -2.48. The van der Waals surface area contributed by atoms with Gasteiger partial charge in [-0.1, -0.05) is 18.2 Å². The summed E-state index contributed by atoms with van der Waals surface area (Å²) in [6.07, 6.45) is 4.21. The predicted octanol–water partition coefficient (Wildman–Crippen LogP) is 1.81. The molecule has 2 bridgehead atoms. The van der Waals surface area contributed by atoms with Crippen LogP contribution in [-0.2, 0) is 0 Å². The lowest BCUT2D eigenvalue weighted by molar-refractivity contribution is 0.0920. The molecule has 114 valence electrons. The molecule has 2 saturated heterocycles. The van der Waals surface area contributed by atoms with Gasteiger partial charge in [0.2, 0.25) is 0 Å². The van der Waals surface area contributed by atoms with Gasteiger partial charge in [-0.25, -0.2) is 4.79 Å². The van der Waals surface area contributed by atoms with Gasteiger partial charge in [0, 0.05) is 23.5 Å². The lowest BCUT2D eigenvalue weighted by atomic mass is 9.99. The van der Waals surface area contributed by atoms with Crippen molar-refractivity contribution in [3.8, 4) is 0 Å². The first-order chi connectivity index (χ1) is 10.7. The number of hydrogen-bond donors (Lipinski definition) is 2. The molecule has 3 heterocycles. The zero-order valence-electron chi connectivity index (χ0n) is 12.2. The average molecular weight is 298 g/mol. The van der Waals surface area contributed by atoms with Gasteiger partial charge in [0.05, 0.1) is 0 Å². The van der Waals surface area contributed by atoms with Crippen LogP contribution in [0.25, 0.3) is 11.0 Å². The minimum absolute atomic E-state index is 0.0876. The topological polar surface area (TPSA) is 71.3 Å². The fraction of sp³-hybridized carbons (Fsp3) is 0.412. The standard InChI is InChI=1S/C17H18N2O3/c20-16(19-13-8-11-5-6-12(9-13)18-11)14-7-10-3-1-2-4-15(10)22-17(14)21/h1-4,7,11-13,18H,5-6,8-9H2,(H,19,20). The van der Waals surface area contributed by atoms with Crippen LogP contribution in [0.5, 0.6) is 0 Å². The Morgan fingerprint density at radius 1 is 1.18 bits per heavy atom. The van der Waals surface area contributed by atoms with E-state index in [1.165, 1.54) is 12.8 Å². The van der Waals surface area contributed by atoms with E-state index in [1.807, 2.05) is 12.1 Å². The van der Waals surface area contributed by atoms with E-state index in [0.717, 1.165) is 18.2 Å². The SMILES string of the molecule is O=C(NC1CC2CCC(C1)N2)c1cc2ccccc2oc1=O. The molecule has 0 aliphatic carbocycles. The number of carbonyl (C=O) groups is 1. The maximum Gasteiger partial charge on any atom is 0.349 e. The fourth-order valence-corrected chi connectivity index (χ4v) is 3.66. The molecule has 2 atom stereocenters. The first-order valence-corrected chi connectivity index (χ1v) is 7.79. The van der Waals surface area contributed by atoms with Gasteiger partial charge in [-0.15, -0.1) is 0 Å². The minimum Gasteiger partial charge on any atom is -0.422 e. The molecule has 2 aliphatic heterocycles. The largest absolute Gasteiger partial charge is 0.422 e. The van der Waals surface area contributed by atoms with Crippen molar-refractivity contribution in [2.24, 2.45) is 0 Å². The van der Waals surface area contributed by atoms with Crippen LogP contribution in [0.3, 0.4) is 0 Å². The van der Waals surface area contributed by atoms with E-state index in [4.69, 9.17) is 4.42 Å². The Bertz CT molecular complexity index is 771. The molecule has 4 rings (SSSR count). The zero-order chi connectivity index (χ0) is 15.1. The Balaban J connectivity index is 1.57. The monoisotopic (exact) mass is 298 g/mol. The van der Waals surface area contributed by atoms with E-state index in [-0.39, 0.29) is 17.5 Å². The van der Waals surface area contributed by atoms with Gasteiger partial charge >= 0.3 is 5.63 Å². The average Bonchev–Trinajstić information content (AvgIpc) is 2.85. The van der Waals surface area contributed by atoms with Crippen LogP contribution < -0.4 is 16.3 Å².